The zero-order valence-corrected chi connectivity index (χ0v) is 23.4. The van der Waals surface area contributed by atoms with Crippen molar-refractivity contribution in [1.82, 2.24) is 9.97 Å². The van der Waals surface area contributed by atoms with Gasteiger partial charge in [0.2, 0.25) is 11.8 Å². The Morgan fingerprint density at radius 3 is 2.46 bits per heavy atom. The maximum atomic E-state index is 13.1. The highest BCUT2D eigenvalue weighted by atomic mass is 35.5. The van der Waals surface area contributed by atoms with E-state index in [9.17, 15) is 18.3 Å². The SMILES string of the molecule is Cc1cccc(C)c1-c1cc(OC[C@H](N)CC2CCOCC2)nc(NS(=O)(=O)c2cccc(C(=O)O)c2)n1.Cl. The smallest absolute Gasteiger partial charge is 0.335 e. The Balaban J connectivity index is 0.00000420. The molecule has 1 aromatic heterocycles. The maximum Gasteiger partial charge on any atom is 0.335 e. The molecule has 39 heavy (non-hydrogen) atoms. The fourth-order valence-electron chi connectivity index (χ4n) is 4.54. The highest BCUT2D eigenvalue weighted by Gasteiger charge is 2.21. The number of halogens is 1. The predicted octanol–water partition coefficient (Wildman–Crippen LogP) is 4.20. The van der Waals surface area contributed by atoms with Gasteiger partial charge in [0.05, 0.1) is 16.2 Å². The second-order valence-corrected chi connectivity index (χ2v) is 11.2. The van der Waals surface area contributed by atoms with Crippen LogP contribution in [0.15, 0.2) is 53.4 Å². The van der Waals surface area contributed by atoms with Crippen LogP contribution in [0.4, 0.5) is 5.95 Å². The maximum absolute atomic E-state index is 13.1. The van der Waals surface area contributed by atoms with Crippen molar-refractivity contribution in [3.05, 3.63) is 65.2 Å². The number of benzene rings is 2. The Hall–Kier alpha value is -3.25. The highest BCUT2D eigenvalue weighted by Crippen LogP contribution is 2.29. The second kappa shape index (κ2) is 13.2. The molecular formula is C27H33ClN4O6S. The molecule has 1 atom stereocenters. The van der Waals surface area contributed by atoms with Crippen LogP contribution < -0.4 is 15.2 Å². The third kappa shape index (κ3) is 7.89. The van der Waals surface area contributed by atoms with Gasteiger partial charge in [-0.2, -0.15) is 4.98 Å². The van der Waals surface area contributed by atoms with E-state index in [1.807, 2.05) is 32.0 Å². The molecule has 0 saturated carbocycles. The number of aromatic carboxylic acids is 1. The van der Waals surface area contributed by atoms with E-state index in [0.29, 0.717) is 11.6 Å². The standard InChI is InChI=1S/C27H32N4O6S.ClH/c1-17-5-3-6-18(2)25(17)23-15-24(37-16-21(28)13-19-9-11-36-12-10-19)30-27(29-23)31-38(34,35)22-8-4-7-20(14-22)26(32)33;/h3-8,14-15,19,21H,9-13,16,28H2,1-2H3,(H,32,33)(H,29,30,31);1H/t21-;/m1./s1. The molecule has 1 saturated heterocycles. The monoisotopic (exact) mass is 576 g/mol. The lowest BCUT2D eigenvalue weighted by molar-refractivity contribution is 0.0599. The van der Waals surface area contributed by atoms with Crippen LogP contribution in [0.5, 0.6) is 5.88 Å². The molecule has 4 N–H and O–H groups in total. The molecule has 0 radical (unpaired) electrons. The fourth-order valence-corrected chi connectivity index (χ4v) is 5.53. The Bertz CT molecular complexity index is 1390. The second-order valence-electron chi connectivity index (χ2n) is 9.48. The number of hydrogen-bond acceptors (Lipinski definition) is 8. The van der Waals surface area contributed by atoms with Crippen LogP contribution in [0.25, 0.3) is 11.3 Å². The lowest BCUT2D eigenvalue weighted by Crippen LogP contribution is -2.32. The van der Waals surface area contributed by atoms with E-state index < -0.39 is 16.0 Å². The van der Waals surface area contributed by atoms with Gasteiger partial charge in [0.15, 0.2) is 0 Å². The molecule has 4 rings (SSSR count). The van der Waals surface area contributed by atoms with Crippen LogP contribution in [0.1, 0.15) is 40.7 Å². The summed E-state index contributed by atoms with van der Waals surface area (Å²) in [6, 6.07) is 12.3. The van der Waals surface area contributed by atoms with Crippen molar-refractivity contribution in [1.29, 1.82) is 0 Å². The number of carbonyl (C=O) groups is 1. The average Bonchev–Trinajstić information content (AvgIpc) is 2.88. The normalized spacial score (nSPS) is 14.7. The van der Waals surface area contributed by atoms with Crippen LogP contribution in [-0.2, 0) is 14.8 Å². The molecule has 1 aliphatic rings. The number of sulfonamides is 1. The van der Waals surface area contributed by atoms with Gasteiger partial charge in [0, 0.05) is 30.9 Å². The summed E-state index contributed by atoms with van der Waals surface area (Å²) in [6.45, 7) is 5.56. The van der Waals surface area contributed by atoms with E-state index in [0.717, 1.165) is 55.2 Å². The highest BCUT2D eigenvalue weighted by molar-refractivity contribution is 7.92. The first-order valence-corrected chi connectivity index (χ1v) is 13.9. The molecule has 2 aromatic carbocycles. The molecule has 3 aromatic rings. The van der Waals surface area contributed by atoms with Crippen LogP contribution in [-0.4, -0.2) is 55.3 Å². The molecule has 1 fully saturated rings. The number of nitrogens with one attached hydrogen (secondary N) is 1. The van der Waals surface area contributed by atoms with E-state index in [1.165, 1.54) is 18.2 Å². The van der Waals surface area contributed by atoms with Crippen LogP contribution >= 0.6 is 12.4 Å². The summed E-state index contributed by atoms with van der Waals surface area (Å²) in [5.41, 5.74) is 9.41. The van der Waals surface area contributed by atoms with Crippen LogP contribution in [0, 0.1) is 19.8 Å². The van der Waals surface area contributed by atoms with E-state index >= 15 is 0 Å². The number of aromatic nitrogens is 2. The van der Waals surface area contributed by atoms with Gasteiger partial charge < -0.3 is 20.3 Å². The van der Waals surface area contributed by atoms with Gasteiger partial charge in [0.25, 0.3) is 10.0 Å². The van der Waals surface area contributed by atoms with E-state index in [4.69, 9.17) is 15.2 Å². The first-order chi connectivity index (χ1) is 18.1. The number of carboxylic acids is 1. The van der Waals surface area contributed by atoms with Gasteiger partial charge in [-0.3, -0.25) is 0 Å². The summed E-state index contributed by atoms with van der Waals surface area (Å²) >= 11 is 0. The molecule has 1 aliphatic heterocycles. The molecule has 2 heterocycles. The third-order valence-corrected chi connectivity index (χ3v) is 7.80. The Morgan fingerprint density at radius 1 is 1.13 bits per heavy atom. The van der Waals surface area contributed by atoms with Gasteiger partial charge >= 0.3 is 5.97 Å². The summed E-state index contributed by atoms with van der Waals surface area (Å²) in [5.74, 6) is -0.777. The zero-order valence-electron chi connectivity index (χ0n) is 21.8. The largest absolute Gasteiger partial charge is 0.478 e. The van der Waals surface area contributed by atoms with Crippen molar-refractivity contribution in [2.45, 2.75) is 44.0 Å². The summed E-state index contributed by atoms with van der Waals surface area (Å²) in [7, 11) is -4.19. The summed E-state index contributed by atoms with van der Waals surface area (Å²) in [4.78, 5) is 19.9. The number of carboxylic acid groups (broad SMARTS) is 1. The first-order valence-electron chi connectivity index (χ1n) is 12.4. The van der Waals surface area contributed by atoms with Crippen molar-refractivity contribution in [3.63, 3.8) is 0 Å². The fraction of sp³-hybridized carbons (Fsp3) is 0.370. The number of hydrogen-bond donors (Lipinski definition) is 3. The molecular weight excluding hydrogens is 544 g/mol. The quantitative estimate of drug-likeness (QED) is 0.322. The Kier molecular flexibility index (Phi) is 10.3. The molecule has 10 nitrogen and oxygen atoms in total. The summed E-state index contributed by atoms with van der Waals surface area (Å²) in [6.07, 6.45) is 2.72. The third-order valence-electron chi connectivity index (χ3n) is 6.48. The zero-order chi connectivity index (χ0) is 27.3. The van der Waals surface area contributed by atoms with Crippen molar-refractivity contribution in [3.8, 4) is 17.1 Å². The molecule has 0 amide bonds. The molecule has 0 unspecified atom stereocenters. The van der Waals surface area contributed by atoms with Gasteiger partial charge in [-0.1, -0.05) is 24.3 Å². The van der Waals surface area contributed by atoms with E-state index in [-0.39, 0.29) is 47.3 Å². The minimum Gasteiger partial charge on any atom is -0.478 e. The number of rotatable bonds is 10. The molecule has 0 bridgehead atoms. The predicted molar refractivity (Wildman–Crippen MR) is 150 cm³/mol. The molecule has 210 valence electrons. The Morgan fingerprint density at radius 2 is 1.79 bits per heavy atom. The molecule has 12 heteroatoms. The minimum atomic E-state index is -4.19. The summed E-state index contributed by atoms with van der Waals surface area (Å²) in [5, 5.41) is 9.25. The van der Waals surface area contributed by atoms with Crippen molar-refractivity contribution < 1.29 is 27.8 Å². The minimum absolute atomic E-state index is 0. The van der Waals surface area contributed by atoms with E-state index in [1.54, 1.807) is 6.07 Å². The number of aryl methyl sites for hydroxylation is 2. The van der Waals surface area contributed by atoms with Crippen LogP contribution in [0.2, 0.25) is 0 Å². The van der Waals surface area contributed by atoms with Crippen molar-refractivity contribution in [2.24, 2.45) is 11.7 Å². The van der Waals surface area contributed by atoms with Gasteiger partial charge in [-0.05, 0) is 68.4 Å². The Labute approximate surface area is 234 Å². The lowest BCUT2D eigenvalue weighted by Gasteiger charge is -2.24. The van der Waals surface area contributed by atoms with E-state index in [2.05, 4.69) is 14.7 Å². The molecule has 0 spiro atoms. The topological polar surface area (TPSA) is 154 Å². The molecule has 0 aliphatic carbocycles. The first kappa shape index (κ1) is 30.3. The lowest BCUT2D eigenvalue weighted by atomic mass is 9.93. The average molecular weight is 577 g/mol. The number of ether oxygens (including phenoxy) is 2. The van der Waals surface area contributed by atoms with Crippen molar-refractivity contribution in [2.75, 3.05) is 24.5 Å². The van der Waals surface area contributed by atoms with Gasteiger partial charge in [0.1, 0.15) is 6.61 Å². The van der Waals surface area contributed by atoms with Crippen LogP contribution in [0.3, 0.4) is 0 Å². The van der Waals surface area contributed by atoms with Gasteiger partial charge in [-0.25, -0.2) is 22.9 Å². The number of nitrogens with zero attached hydrogens (tertiary/aromatic N) is 2. The number of anilines is 1. The van der Waals surface area contributed by atoms with Gasteiger partial charge in [-0.15, -0.1) is 12.4 Å². The van der Waals surface area contributed by atoms with Crippen molar-refractivity contribution >= 4 is 34.3 Å². The number of nitrogens with two attached hydrogens (primary N) is 1. The summed E-state index contributed by atoms with van der Waals surface area (Å²) < 4.78 is 39.9.